The second kappa shape index (κ2) is 9.46. The van der Waals surface area contributed by atoms with Gasteiger partial charge in [-0.25, -0.2) is 4.98 Å². The number of nitrogens with zero attached hydrogens (tertiary/aromatic N) is 3. The molecule has 8 heteroatoms. The fraction of sp³-hybridized carbons (Fsp3) is 0.333. The normalized spacial score (nSPS) is 17.1. The topological polar surface area (TPSA) is 72.3 Å². The van der Waals surface area contributed by atoms with Crippen LogP contribution < -0.4 is 5.56 Å². The summed E-state index contributed by atoms with van der Waals surface area (Å²) in [5.74, 6) is -0.572. The zero-order valence-corrected chi connectivity index (χ0v) is 19.5. The number of carbonyl (C=O) groups is 2. The van der Waals surface area contributed by atoms with E-state index >= 15 is 0 Å². The number of carbonyl (C=O) groups excluding carboxylic acids is 2. The van der Waals surface area contributed by atoms with E-state index < -0.39 is 5.25 Å². The zero-order valence-electron chi connectivity index (χ0n) is 18.0. The lowest BCUT2D eigenvalue weighted by Gasteiger charge is -2.24. The monoisotopic (exact) mass is 469 g/mol. The summed E-state index contributed by atoms with van der Waals surface area (Å²) in [6.07, 6.45) is 2.17. The average molecular weight is 470 g/mol. The summed E-state index contributed by atoms with van der Waals surface area (Å²) in [4.78, 5) is 45.6. The summed E-state index contributed by atoms with van der Waals surface area (Å²) in [6, 6.07) is 13.7. The van der Waals surface area contributed by atoms with Gasteiger partial charge in [-0.3, -0.25) is 23.9 Å². The van der Waals surface area contributed by atoms with Crippen LogP contribution in [0.4, 0.5) is 0 Å². The number of aromatic nitrogens is 2. The van der Waals surface area contributed by atoms with Crippen molar-refractivity contribution in [3.05, 3.63) is 69.5 Å². The summed E-state index contributed by atoms with van der Waals surface area (Å²) < 4.78 is 1.64. The van der Waals surface area contributed by atoms with Gasteiger partial charge in [0.05, 0.1) is 16.2 Å². The van der Waals surface area contributed by atoms with E-state index in [1.54, 1.807) is 41.0 Å². The number of amides is 2. The molecule has 2 aromatic carbocycles. The van der Waals surface area contributed by atoms with Gasteiger partial charge in [0.1, 0.15) is 0 Å². The van der Waals surface area contributed by atoms with Gasteiger partial charge in [0.2, 0.25) is 5.91 Å². The standard InChI is InChI=1S/C24H24ClN3O3S/c1-15(2)28-22(30)18-7-3-4-8-19(18)26-24(28)32-20-9-5-6-14-27(23(20)31)21(29)16-10-12-17(25)13-11-16/h3-4,7-8,10-13,15,20H,5-6,9,14H2,1-2H3. The highest BCUT2D eigenvalue weighted by atomic mass is 35.5. The number of hydrogen-bond acceptors (Lipinski definition) is 5. The van der Waals surface area contributed by atoms with Gasteiger partial charge >= 0.3 is 0 Å². The highest BCUT2D eigenvalue weighted by molar-refractivity contribution is 8.00. The fourth-order valence-corrected chi connectivity index (χ4v) is 5.31. The van der Waals surface area contributed by atoms with Crippen molar-refractivity contribution in [3.8, 4) is 0 Å². The van der Waals surface area contributed by atoms with E-state index in [1.807, 2.05) is 26.0 Å². The molecular formula is C24H24ClN3O3S. The van der Waals surface area contributed by atoms with Gasteiger partial charge in [0.25, 0.3) is 11.5 Å². The van der Waals surface area contributed by atoms with E-state index in [1.165, 1.54) is 16.7 Å². The van der Waals surface area contributed by atoms with Crippen LogP contribution in [0.25, 0.3) is 10.9 Å². The maximum Gasteiger partial charge on any atom is 0.262 e. The Morgan fingerprint density at radius 3 is 2.53 bits per heavy atom. The van der Waals surface area contributed by atoms with Gasteiger partial charge in [0.15, 0.2) is 5.16 Å². The Balaban J connectivity index is 1.68. The van der Waals surface area contributed by atoms with Gasteiger partial charge in [-0.05, 0) is 63.1 Å². The first-order valence-electron chi connectivity index (χ1n) is 10.7. The van der Waals surface area contributed by atoms with Gasteiger partial charge in [-0.15, -0.1) is 0 Å². The lowest BCUT2D eigenvalue weighted by Crippen LogP contribution is -2.41. The predicted molar refractivity (Wildman–Crippen MR) is 127 cm³/mol. The van der Waals surface area contributed by atoms with E-state index in [4.69, 9.17) is 16.6 Å². The molecule has 1 fully saturated rings. The number of fused-ring (bicyclic) bond motifs is 1. The second-order valence-corrected chi connectivity index (χ2v) is 9.69. The van der Waals surface area contributed by atoms with Crippen molar-refractivity contribution in [2.45, 2.75) is 49.6 Å². The zero-order chi connectivity index (χ0) is 22.8. The second-order valence-electron chi connectivity index (χ2n) is 8.08. The molecule has 6 nitrogen and oxygen atoms in total. The third-order valence-electron chi connectivity index (χ3n) is 5.52. The number of benzene rings is 2. The van der Waals surface area contributed by atoms with Crippen molar-refractivity contribution in [2.24, 2.45) is 0 Å². The van der Waals surface area contributed by atoms with Crippen molar-refractivity contribution < 1.29 is 9.59 Å². The quantitative estimate of drug-likeness (QED) is 0.399. The van der Waals surface area contributed by atoms with Crippen molar-refractivity contribution in [3.63, 3.8) is 0 Å². The Bertz CT molecular complexity index is 1220. The van der Waals surface area contributed by atoms with Crippen LogP contribution in [-0.4, -0.2) is 38.1 Å². The van der Waals surface area contributed by atoms with Gasteiger partial charge in [0, 0.05) is 23.2 Å². The summed E-state index contributed by atoms with van der Waals surface area (Å²) in [5, 5.41) is 1.10. The summed E-state index contributed by atoms with van der Waals surface area (Å²) in [6.45, 7) is 4.22. The molecule has 0 radical (unpaired) electrons. The fourth-order valence-electron chi connectivity index (χ4n) is 3.86. The molecule has 2 amide bonds. The van der Waals surface area contributed by atoms with E-state index in [0.29, 0.717) is 39.6 Å². The number of thioether (sulfide) groups is 1. The highest BCUT2D eigenvalue weighted by Gasteiger charge is 2.33. The first-order chi connectivity index (χ1) is 15.4. The molecule has 1 atom stereocenters. The molecule has 1 aliphatic heterocycles. The molecule has 0 aliphatic carbocycles. The average Bonchev–Trinajstić information content (AvgIpc) is 2.95. The van der Waals surface area contributed by atoms with Crippen LogP contribution in [0.2, 0.25) is 5.02 Å². The molecule has 3 aromatic rings. The number of likely N-dealkylation sites (tertiary alicyclic amines) is 1. The maximum absolute atomic E-state index is 13.4. The molecule has 0 saturated carbocycles. The van der Waals surface area contributed by atoms with Crippen molar-refractivity contribution in [1.29, 1.82) is 0 Å². The summed E-state index contributed by atoms with van der Waals surface area (Å²) in [5.41, 5.74) is 0.909. The van der Waals surface area contributed by atoms with Crippen LogP contribution in [0.1, 0.15) is 49.5 Å². The number of hydrogen-bond donors (Lipinski definition) is 0. The molecule has 0 spiro atoms. The molecule has 32 heavy (non-hydrogen) atoms. The molecule has 0 N–H and O–H groups in total. The molecule has 1 aromatic heterocycles. The minimum absolute atomic E-state index is 0.116. The summed E-state index contributed by atoms with van der Waals surface area (Å²) in [7, 11) is 0. The first kappa shape index (κ1) is 22.6. The summed E-state index contributed by atoms with van der Waals surface area (Å²) >= 11 is 7.21. The van der Waals surface area contributed by atoms with Crippen LogP contribution in [0.3, 0.4) is 0 Å². The number of para-hydroxylation sites is 1. The minimum Gasteiger partial charge on any atom is -0.285 e. The Morgan fingerprint density at radius 2 is 1.81 bits per heavy atom. The van der Waals surface area contributed by atoms with Gasteiger partial charge in [-0.2, -0.15) is 0 Å². The third kappa shape index (κ3) is 4.45. The van der Waals surface area contributed by atoms with Crippen molar-refractivity contribution in [1.82, 2.24) is 14.5 Å². The van der Waals surface area contributed by atoms with Crippen LogP contribution in [-0.2, 0) is 4.79 Å². The van der Waals surface area contributed by atoms with Gasteiger partial charge < -0.3 is 0 Å². The molecule has 2 heterocycles. The Morgan fingerprint density at radius 1 is 1.09 bits per heavy atom. The molecule has 1 aliphatic rings. The lowest BCUT2D eigenvalue weighted by molar-refractivity contribution is -0.127. The van der Waals surface area contributed by atoms with Crippen LogP contribution in [0.15, 0.2) is 58.5 Å². The van der Waals surface area contributed by atoms with Crippen molar-refractivity contribution in [2.75, 3.05) is 6.54 Å². The van der Waals surface area contributed by atoms with Crippen LogP contribution >= 0.6 is 23.4 Å². The Labute approximate surface area is 195 Å². The van der Waals surface area contributed by atoms with Crippen LogP contribution in [0, 0.1) is 0 Å². The molecule has 0 bridgehead atoms. The van der Waals surface area contributed by atoms with E-state index in [0.717, 1.165) is 12.8 Å². The lowest BCUT2D eigenvalue weighted by atomic mass is 10.2. The van der Waals surface area contributed by atoms with Crippen molar-refractivity contribution >= 4 is 46.1 Å². The SMILES string of the molecule is CC(C)n1c(SC2CCCCN(C(=O)c3ccc(Cl)cc3)C2=O)nc2ccccc2c1=O. The predicted octanol–water partition coefficient (Wildman–Crippen LogP) is 4.94. The Kier molecular flexibility index (Phi) is 6.67. The third-order valence-corrected chi connectivity index (χ3v) is 6.99. The highest BCUT2D eigenvalue weighted by Crippen LogP contribution is 2.31. The minimum atomic E-state index is -0.494. The van der Waals surface area contributed by atoms with Gasteiger partial charge in [-0.1, -0.05) is 41.9 Å². The van der Waals surface area contributed by atoms with E-state index in [9.17, 15) is 14.4 Å². The molecule has 166 valence electrons. The van der Waals surface area contributed by atoms with E-state index in [2.05, 4.69) is 0 Å². The molecular weight excluding hydrogens is 446 g/mol. The molecule has 1 unspecified atom stereocenters. The number of rotatable bonds is 4. The number of imide groups is 1. The van der Waals surface area contributed by atoms with E-state index in [-0.39, 0.29) is 23.4 Å². The smallest absolute Gasteiger partial charge is 0.262 e. The molecule has 1 saturated heterocycles. The maximum atomic E-state index is 13.4. The Hall–Kier alpha value is -2.64. The molecule has 4 rings (SSSR count). The van der Waals surface area contributed by atoms with Crippen LogP contribution in [0.5, 0.6) is 0 Å². The number of halogens is 1. The largest absolute Gasteiger partial charge is 0.285 e. The first-order valence-corrected chi connectivity index (χ1v) is 11.9.